The lowest BCUT2D eigenvalue weighted by Crippen LogP contribution is -2.34. The fourth-order valence-corrected chi connectivity index (χ4v) is 4.95. The highest BCUT2D eigenvalue weighted by atomic mass is 32.1. The molecule has 3 heterocycles. The van der Waals surface area contributed by atoms with Crippen LogP contribution in [0.4, 0.5) is 10.8 Å². The Kier molecular flexibility index (Phi) is 5.81. The number of aryl methyl sites for hydroxylation is 1. The maximum Gasteiger partial charge on any atom is 0.265 e. The third-order valence-corrected chi connectivity index (χ3v) is 6.78. The van der Waals surface area contributed by atoms with Crippen LogP contribution in [0, 0.1) is 6.92 Å². The summed E-state index contributed by atoms with van der Waals surface area (Å²) in [6.07, 6.45) is -0.0626. The smallest absolute Gasteiger partial charge is 0.265 e. The van der Waals surface area contributed by atoms with Crippen LogP contribution in [0.2, 0.25) is 0 Å². The molecular weight excluding hydrogens is 468 g/mol. The molecule has 178 valence electrons. The van der Waals surface area contributed by atoms with Crippen molar-refractivity contribution in [3.8, 4) is 17.0 Å². The number of carbonyl (C=O) groups excluding carboxylic acids is 4. The van der Waals surface area contributed by atoms with E-state index in [1.54, 1.807) is 43.3 Å². The Bertz CT molecular complexity index is 1350. The van der Waals surface area contributed by atoms with Gasteiger partial charge < -0.3 is 15.4 Å². The number of fused-ring (bicyclic) bond motifs is 2. The van der Waals surface area contributed by atoms with Crippen molar-refractivity contribution in [1.82, 2.24) is 9.88 Å². The Morgan fingerprint density at radius 1 is 1.14 bits per heavy atom. The first kappa shape index (κ1) is 22.7. The minimum Gasteiger partial charge on any atom is -0.479 e. The van der Waals surface area contributed by atoms with E-state index in [-0.39, 0.29) is 36.6 Å². The molecule has 35 heavy (non-hydrogen) atoms. The summed E-state index contributed by atoms with van der Waals surface area (Å²) < 4.78 is 5.60. The van der Waals surface area contributed by atoms with Crippen molar-refractivity contribution in [2.45, 2.75) is 32.8 Å². The number of nitrogens with one attached hydrogen (secondary N) is 2. The molecule has 0 unspecified atom stereocenters. The number of hydrogen-bond acceptors (Lipinski definition) is 7. The maximum absolute atomic E-state index is 12.5. The highest BCUT2D eigenvalue weighted by Crippen LogP contribution is 2.37. The zero-order valence-electron chi connectivity index (χ0n) is 19.1. The average Bonchev–Trinajstić information content (AvgIpc) is 3.31. The van der Waals surface area contributed by atoms with Crippen LogP contribution in [0.1, 0.15) is 45.4 Å². The molecule has 3 aromatic rings. The van der Waals surface area contributed by atoms with Crippen molar-refractivity contribution in [1.29, 1.82) is 0 Å². The standard InChI is InChI=1S/C25H22N4O5S/c1-13-22(31)26-18-12-15(9-10-19(18)34-13)21-14(2)35-25(28-21)27-20(30)8-5-11-29-23(32)16-6-3-4-7-17(16)24(29)33/h3-4,6-7,9-10,12-13H,5,8,11H2,1-2H3,(H,26,31)(H,27,28,30)/t13-/m1/s1. The Labute approximate surface area is 205 Å². The van der Waals surface area contributed by atoms with Gasteiger partial charge in [-0.05, 0) is 50.6 Å². The molecule has 0 radical (unpaired) electrons. The summed E-state index contributed by atoms with van der Waals surface area (Å²) in [4.78, 5) is 55.9. The lowest BCUT2D eigenvalue weighted by molar-refractivity contribution is -0.122. The van der Waals surface area contributed by atoms with Gasteiger partial charge in [-0.15, -0.1) is 11.3 Å². The number of aromatic nitrogens is 1. The number of nitrogens with zero attached hydrogens (tertiary/aromatic N) is 2. The minimum absolute atomic E-state index is 0.141. The number of rotatable bonds is 6. The van der Waals surface area contributed by atoms with E-state index in [0.29, 0.717) is 39.8 Å². The molecule has 4 amide bonds. The normalized spacial score (nSPS) is 16.5. The molecule has 0 aliphatic carbocycles. The van der Waals surface area contributed by atoms with Crippen LogP contribution in [-0.4, -0.2) is 46.2 Å². The number of thiazole rings is 1. The van der Waals surface area contributed by atoms with Gasteiger partial charge in [-0.25, -0.2) is 4.98 Å². The molecule has 0 spiro atoms. The van der Waals surface area contributed by atoms with Crippen LogP contribution in [-0.2, 0) is 9.59 Å². The molecular formula is C25H22N4O5S. The molecule has 2 aromatic carbocycles. The predicted octanol–water partition coefficient (Wildman–Crippen LogP) is 3.85. The van der Waals surface area contributed by atoms with Gasteiger partial charge in [-0.3, -0.25) is 24.1 Å². The first-order valence-corrected chi connectivity index (χ1v) is 12.0. The van der Waals surface area contributed by atoms with E-state index >= 15 is 0 Å². The lowest BCUT2D eigenvalue weighted by atomic mass is 10.1. The zero-order valence-corrected chi connectivity index (χ0v) is 19.9. The summed E-state index contributed by atoms with van der Waals surface area (Å²) >= 11 is 1.35. The van der Waals surface area contributed by atoms with Gasteiger partial charge in [0.1, 0.15) is 5.75 Å². The fraction of sp³-hybridized carbons (Fsp3) is 0.240. The van der Waals surface area contributed by atoms with Crippen molar-refractivity contribution in [2.75, 3.05) is 17.2 Å². The molecule has 2 aliphatic rings. The topological polar surface area (TPSA) is 118 Å². The van der Waals surface area contributed by atoms with Crippen molar-refractivity contribution in [3.05, 3.63) is 58.5 Å². The molecule has 0 fully saturated rings. The second kappa shape index (κ2) is 8.95. The van der Waals surface area contributed by atoms with Crippen molar-refractivity contribution < 1.29 is 23.9 Å². The number of ether oxygens (including phenoxy) is 1. The van der Waals surface area contributed by atoms with E-state index in [1.807, 2.05) is 13.0 Å². The molecule has 1 aromatic heterocycles. The van der Waals surface area contributed by atoms with Crippen LogP contribution < -0.4 is 15.4 Å². The highest BCUT2D eigenvalue weighted by Gasteiger charge is 2.34. The molecule has 0 bridgehead atoms. The van der Waals surface area contributed by atoms with E-state index in [4.69, 9.17) is 4.74 Å². The molecule has 10 heteroatoms. The molecule has 9 nitrogen and oxygen atoms in total. The largest absolute Gasteiger partial charge is 0.479 e. The molecule has 0 saturated carbocycles. The van der Waals surface area contributed by atoms with Crippen molar-refractivity contribution in [3.63, 3.8) is 0 Å². The third-order valence-electron chi connectivity index (χ3n) is 5.89. The van der Waals surface area contributed by atoms with Gasteiger partial charge in [-0.1, -0.05) is 12.1 Å². The zero-order chi connectivity index (χ0) is 24.7. The second-order valence-electron chi connectivity index (χ2n) is 8.34. The number of amides is 4. The highest BCUT2D eigenvalue weighted by molar-refractivity contribution is 7.16. The summed E-state index contributed by atoms with van der Waals surface area (Å²) in [5, 5.41) is 6.08. The second-order valence-corrected chi connectivity index (χ2v) is 9.55. The van der Waals surface area contributed by atoms with Crippen LogP contribution in [0.5, 0.6) is 5.75 Å². The Morgan fingerprint density at radius 2 is 1.86 bits per heavy atom. The summed E-state index contributed by atoms with van der Waals surface area (Å²) in [6, 6.07) is 12.2. The van der Waals surface area contributed by atoms with Gasteiger partial charge in [0, 0.05) is 23.4 Å². The molecule has 2 N–H and O–H groups in total. The third kappa shape index (κ3) is 4.28. The summed E-state index contributed by atoms with van der Waals surface area (Å²) in [6.45, 7) is 3.76. The van der Waals surface area contributed by atoms with Crippen molar-refractivity contribution >= 4 is 45.8 Å². The number of carbonyl (C=O) groups is 4. The maximum atomic E-state index is 12.5. The van der Waals surface area contributed by atoms with Crippen LogP contribution in [0.3, 0.4) is 0 Å². The number of benzene rings is 2. The van der Waals surface area contributed by atoms with Crippen LogP contribution >= 0.6 is 11.3 Å². The Balaban J connectivity index is 1.20. The number of hydrogen-bond donors (Lipinski definition) is 2. The van der Waals surface area contributed by atoms with Gasteiger partial charge >= 0.3 is 0 Å². The first-order valence-electron chi connectivity index (χ1n) is 11.2. The SMILES string of the molecule is Cc1sc(NC(=O)CCCN2C(=O)c3ccccc3C2=O)nc1-c1ccc2c(c1)NC(=O)[C@@H](C)O2. The van der Waals surface area contributed by atoms with Crippen molar-refractivity contribution in [2.24, 2.45) is 0 Å². The minimum atomic E-state index is -0.548. The molecule has 1 atom stereocenters. The summed E-state index contributed by atoms with van der Waals surface area (Å²) in [7, 11) is 0. The number of anilines is 2. The van der Waals surface area contributed by atoms with E-state index in [9.17, 15) is 19.2 Å². The van der Waals surface area contributed by atoms with Crippen LogP contribution in [0.25, 0.3) is 11.3 Å². The summed E-state index contributed by atoms with van der Waals surface area (Å²) in [5.74, 6) is -0.513. The van der Waals surface area contributed by atoms with E-state index in [1.165, 1.54) is 16.2 Å². The quantitative estimate of drug-likeness (QED) is 0.507. The van der Waals surface area contributed by atoms with Gasteiger partial charge in [0.25, 0.3) is 17.7 Å². The number of imide groups is 1. The van der Waals surface area contributed by atoms with Gasteiger partial charge in [0.05, 0.1) is 22.5 Å². The van der Waals surface area contributed by atoms with Gasteiger partial charge in [0.15, 0.2) is 11.2 Å². The van der Waals surface area contributed by atoms with E-state index in [0.717, 1.165) is 10.4 Å². The van der Waals surface area contributed by atoms with Gasteiger partial charge in [0.2, 0.25) is 5.91 Å². The predicted molar refractivity (Wildman–Crippen MR) is 131 cm³/mol. The van der Waals surface area contributed by atoms with E-state index < -0.39 is 6.10 Å². The first-order chi connectivity index (χ1) is 16.8. The lowest BCUT2D eigenvalue weighted by Gasteiger charge is -2.23. The molecule has 5 rings (SSSR count). The fourth-order valence-electron chi connectivity index (χ4n) is 4.10. The molecule has 2 aliphatic heterocycles. The van der Waals surface area contributed by atoms with Crippen LogP contribution in [0.15, 0.2) is 42.5 Å². The van der Waals surface area contributed by atoms with E-state index in [2.05, 4.69) is 15.6 Å². The van der Waals surface area contributed by atoms with Gasteiger partial charge in [-0.2, -0.15) is 0 Å². The monoisotopic (exact) mass is 490 g/mol. The Hall–Kier alpha value is -4.05. The summed E-state index contributed by atoms with van der Waals surface area (Å²) in [5.41, 5.74) is 2.87. The molecule has 0 saturated heterocycles. The Morgan fingerprint density at radius 3 is 2.57 bits per heavy atom. The average molecular weight is 491 g/mol.